The molecule has 0 amide bonds. The van der Waals surface area contributed by atoms with Crippen molar-refractivity contribution in [2.75, 3.05) is 7.11 Å². The molecule has 0 saturated heterocycles. The van der Waals surface area contributed by atoms with Gasteiger partial charge in [0.15, 0.2) is 0 Å². The summed E-state index contributed by atoms with van der Waals surface area (Å²) in [5.74, 6) is 0.304. The largest absolute Gasteiger partial charge is 0.497 e. The maximum absolute atomic E-state index is 11.6. The van der Waals surface area contributed by atoms with Gasteiger partial charge >= 0.3 is 5.97 Å². The second-order valence-electron chi connectivity index (χ2n) is 3.34. The van der Waals surface area contributed by atoms with Crippen molar-refractivity contribution in [3.63, 3.8) is 0 Å². The number of carbonyl (C=O) groups excluding carboxylic acids is 1. The quantitative estimate of drug-likeness (QED) is 0.635. The fourth-order valence-corrected chi connectivity index (χ4v) is 1.38. The Hall–Kier alpha value is -1.16. The first kappa shape index (κ1) is 11.9. The van der Waals surface area contributed by atoms with Gasteiger partial charge in [0.05, 0.1) is 18.8 Å². The first-order chi connectivity index (χ1) is 7.04. The van der Waals surface area contributed by atoms with Gasteiger partial charge in [-0.2, -0.15) is 0 Å². The van der Waals surface area contributed by atoms with E-state index in [-0.39, 0.29) is 12.1 Å². The predicted molar refractivity (Wildman–Crippen MR) is 60.8 cm³/mol. The molecule has 4 heteroatoms. The van der Waals surface area contributed by atoms with Gasteiger partial charge in [0.2, 0.25) is 0 Å². The monoisotopic (exact) mass is 226 g/mol. The van der Waals surface area contributed by atoms with E-state index in [1.807, 2.05) is 0 Å². The van der Waals surface area contributed by atoms with Crippen LogP contribution in [0, 0.1) is 0 Å². The number of rotatable bonds is 3. The molecule has 0 radical (unpaired) electrons. The first-order valence-corrected chi connectivity index (χ1v) is 5.07. The van der Waals surface area contributed by atoms with Crippen LogP contribution in [-0.2, 0) is 4.74 Å². The molecule has 82 valence electrons. The second kappa shape index (κ2) is 5.07. The Morgan fingerprint density at radius 1 is 1.40 bits per heavy atom. The Bertz CT molecular complexity index is 361. The van der Waals surface area contributed by atoms with Gasteiger partial charge in [-0.25, -0.2) is 4.79 Å². The summed E-state index contributed by atoms with van der Waals surface area (Å²) in [5, 5.41) is 0. The van der Waals surface area contributed by atoms with Gasteiger partial charge in [-0.15, -0.1) is 12.6 Å². The molecular weight excluding hydrogens is 212 g/mol. The van der Waals surface area contributed by atoms with E-state index in [1.165, 1.54) is 0 Å². The van der Waals surface area contributed by atoms with Gasteiger partial charge in [-0.1, -0.05) is 0 Å². The standard InChI is InChI=1S/C11H14O3S/c1-7(2)14-11(12)9-5-4-8(13-3)6-10(9)15/h4-7,15H,1-3H3. The highest BCUT2D eigenvalue weighted by atomic mass is 32.1. The average molecular weight is 226 g/mol. The summed E-state index contributed by atoms with van der Waals surface area (Å²) in [6.07, 6.45) is -0.132. The summed E-state index contributed by atoms with van der Waals surface area (Å²) in [6.45, 7) is 3.61. The van der Waals surface area contributed by atoms with Crippen molar-refractivity contribution < 1.29 is 14.3 Å². The summed E-state index contributed by atoms with van der Waals surface area (Å²) in [5.41, 5.74) is 0.452. The van der Waals surface area contributed by atoms with Crippen LogP contribution in [0.4, 0.5) is 0 Å². The van der Waals surface area contributed by atoms with Crippen molar-refractivity contribution in [3.8, 4) is 5.75 Å². The third kappa shape index (κ3) is 3.16. The summed E-state index contributed by atoms with van der Waals surface area (Å²) in [6, 6.07) is 5.03. The zero-order valence-electron chi connectivity index (χ0n) is 8.98. The highest BCUT2D eigenvalue weighted by molar-refractivity contribution is 7.80. The summed E-state index contributed by atoms with van der Waals surface area (Å²) in [7, 11) is 1.56. The minimum atomic E-state index is -0.363. The highest BCUT2D eigenvalue weighted by Gasteiger charge is 2.12. The minimum Gasteiger partial charge on any atom is -0.497 e. The Morgan fingerprint density at radius 3 is 2.53 bits per heavy atom. The summed E-state index contributed by atoms with van der Waals surface area (Å²) >= 11 is 4.20. The highest BCUT2D eigenvalue weighted by Crippen LogP contribution is 2.21. The normalized spacial score (nSPS) is 10.2. The third-order valence-corrected chi connectivity index (χ3v) is 2.14. The molecule has 1 aromatic carbocycles. The van der Waals surface area contributed by atoms with E-state index in [0.29, 0.717) is 16.2 Å². The van der Waals surface area contributed by atoms with Crippen LogP contribution in [0.5, 0.6) is 5.75 Å². The third-order valence-electron chi connectivity index (χ3n) is 1.77. The number of hydrogen-bond acceptors (Lipinski definition) is 4. The van der Waals surface area contributed by atoms with Gasteiger partial charge in [0, 0.05) is 4.90 Å². The smallest absolute Gasteiger partial charge is 0.339 e. The lowest BCUT2D eigenvalue weighted by Gasteiger charge is -2.10. The lowest BCUT2D eigenvalue weighted by atomic mass is 10.2. The van der Waals surface area contributed by atoms with Gasteiger partial charge in [-0.3, -0.25) is 0 Å². The number of methoxy groups -OCH3 is 1. The number of carbonyl (C=O) groups is 1. The van der Waals surface area contributed by atoms with E-state index in [9.17, 15) is 4.79 Å². The van der Waals surface area contributed by atoms with Crippen molar-refractivity contribution in [2.45, 2.75) is 24.8 Å². The first-order valence-electron chi connectivity index (χ1n) is 4.62. The lowest BCUT2D eigenvalue weighted by Crippen LogP contribution is -2.12. The summed E-state index contributed by atoms with van der Waals surface area (Å²) < 4.78 is 10.1. The van der Waals surface area contributed by atoms with E-state index in [4.69, 9.17) is 9.47 Å². The maximum atomic E-state index is 11.6. The number of thiol groups is 1. The van der Waals surface area contributed by atoms with Crippen LogP contribution in [0.1, 0.15) is 24.2 Å². The number of hydrogen-bond donors (Lipinski definition) is 1. The molecule has 0 fully saturated rings. The Kier molecular flexibility index (Phi) is 4.03. The molecule has 0 saturated carbocycles. The van der Waals surface area contributed by atoms with Gasteiger partial charge < -0.3 is 9.47 Å². The van der Waals surface area contributed by atoms with Crippen LogP contribution in [0.2, 0.25) is 0 Å². The van der Waals surface area contributed by atoms with Crippen LogP contribution < -0.4 is 4.74 Å². The van der Waals surface area contributed by atoms with Crippen LogP contribution in [0.15, 0.2) is 23.1 Å². The van der Waals surface area contributed by atoms with E-state index in [0.717, 1.165) is 0 Å². The van der Waals surface area contributed by atoms with Gasteiger partial charge in [0.1, 0.15) is 5.75 Å². The Morgan fingerprint density at radius 2 is 2.07 bits per heavy atom. The Labute approximate surface area is 94.8 Å². The second-order valence-corrected chi connectivity index (χ2v) is 3.82. The number of esters is 1. The molecular formula is C11H14O3S. The van der Waals surface area contributed by atoms with Crippen molar-refractivity contribution >= 4 is 18.6 Å². The van der Waals surface area contributed by atoms with Crippen LogP contribution >= 0.6 is 12.6 Å². The topological polar surface area (TPSA) is 35.5 Å². The van der Waals surface area contributed by atoms with Crippen molar-refractivity contribution in [1.82, 2.24) is 0 Å². The SMILES string of the molecule is COc1ccc(C(=O)OC(C)C)c(S)c1. The molecule has 0 atom stereocenters. The molecule has 0 unspecified atom stereocenters. The Balaban J connectivity index is 2.90. The molecule has 0 heterocycles. The number of benzene rings is 1. The van der Waals surface area contributed by atoms with Gasteiger partial charge in [0.25, 0.3) is 0 Å². The van der Waals surface area contributed by atoms with Gasteiger partial charge in [-0.05, 0) is 32.0 Å². The molecule has 0 bridgehead atoms. The molecule has 0 aliphatic carbocycles. The minimum absolute atomic E-state index is 0.132. The van der Waals surface area contributed by atoms with E-state index in [1.54, 1.807) is 39.2 Å². The fourth-order valence-electron chi connectivity index (χ4n) is 1.09. The predicted octanol–water partition coefficient (Wildman–Crippen LogP) is 2.55. The molecule has 1 aromatic rings. The zero-order valence-corrected chi connectivity index (χ0v) is 9.88. The zero-order chi connectivity index (χ0) is 11.4. The van der Waals surface area contributed by atoms with Crippen LogP contribution in [0.25, 0.3) is 0 Å². The molecule has 0 aliphatic rings. The van der Waals surface area contributed by atoms with Crippen molar-refractivity contribution in [1.29, 1.82) is 0 Å². The van der Waals surface area contributed by atoms with Crippen molar-refractivity contribution in [3.05, 3.63) is 23.8 Å². The molecule has 1 rings (SSSR count). The van der Waals surface area contributed by atoms with Crippen LogP contribution in [0.3, 0.4) is 0 Å². The molecule has 0 spiro atoms. The number of ether oxygens (including phenoxy) is 2. The maximum Gasteiger partial charge on any atom is 0.339 e. The van der Waals surface area contributed by atoms with E-state index >= 15 is 0 Å². The molecule has 3 nitrogen and oxygen atoms in total. The lowest BCUT2D eigenvalue weighted by molar-refractivity contribution is 0.0374. The van der Waals surface area contributed by atoms with Crippen molar-refractivity contribution in [2.24, 2.45) is 0 Å². The fraction of sp³-hybridized carbons (Fsp3) is 0.364. The molecule has 0 aromatic heterocycles. The molecule has 0 aliphatic heterocycles. The summed E-state index contributed by atoms with van der Waals surface area (Å²) in [4.78, 5) is 12.1. The molecule has 0 N–H and O–H groups in total. The molecule has 15 heavy (non-hydrogen) atoms. The average Bonchev–Trinajstić information content (AvgIpc) is 2.16. The van der Waals surface area contributed by atoms with Crippen LogP contribution in [-0.4, -0.2) is 19.2 Å². The van der Waals surface area contributed by atoms with E-state index in [2.05, 4.69) is 12.6 Å². The van der Waals surface area contributed by atoms with E-state index < -0.39 is 0 Å².